The normalized spacial score (nSPS) is 9.80. The van der Waals surface area contributed by atoms with Gasteiger partial charge in [0, 0.05) is 0 Å². The van der Waals surface area contributed by atoms with Crippen molar-refractivity contribution in [3.05, 3.63) is 0 Å². The Morgan fingerprint density at radius 1 is 1.80 bits per heavy atom. The zero-order valence-electron chi connectivity index (χ0n) is 5.54. The Morgan fingerprint density at radius 3 is 3.00 bits per heavy atom. The van der Waals surface area contributed by atoms with Crippen LogP contribution in [-0.4, -0.2) is 24.9 Å². The van der Waals surface area contributed by atoms with Crippen molar-refractivity contribution in [3.63, 3.8) is 0 Å². The van der Waals surface area contributed by atoms with Crippen LogP contribution >= 0.6 is 11.6 Å². The molecule has 5 heteroatoms. The molecule has 0 aromatic rings. The van der Waals surface area contributed by atoms with E-state index in [2.05, 4.69) is 14.7 Å². The van der Waals surface area contributed by atoms with E-state index in [1.807, 2.05) is 0 Å². The van der Waals surface area contributed by atoms with Crippen molar-refractivity contribution in [1.29, 1.82) is 0 Å². The second-order valence-electron chi connectivity index (χ2n) is 1.22. The summed E-state index contributed by atoms with van der Waals surface area (Å²) in [6.07, 6.45) is 0.922. The summed E-state index contributed by atoms with van der Waals surface area (Å²) >= 11 is 5.07. The monoisotopic (exact) mass is 165 g/mol. The number of ether oxygens (including phenoxy) is 1. The SMILES string of the molecule is CCOC(=O)C=NOCCl. The molecule has 0 spiro atoms. The van der Waals surface area contributed by atoms with Gasteiger partial charge < -0.3 is 9.57 Å². The van der Waals surface area contributed by atoms with E-state index in [1.165, 1.54) is 0 Å². The number of esters is 1. The highest BCUT2D eigenvalue weighted by atomic mass is 35.5. The quantitative estimate of drug-likeness (QED) is 0.267. The maximum atomic E-state index is 10.4. The summed E-state index contributed by atoms with van der Waals surface area (Å²) in [7, 11) is 0. The third-order valence-electron chi connectivity index (χ3n) is 0.568. The third-order valence-corrected chi connectivity index (χ3v) is 0.666. The summed E-state index contributed by atoms with van der Waals surface area (Å²) < 4.78 is 4.48. The van der Waals surface area contributed by atoms with Crippen LogP contribution in [0.5, 0.6) is 0 Å². The standard InChI is InChI=1S/C5H8ClNO3/c1-2-9-5(8)3-7-10-4-6/h3H,2,4H2,1H3. The van der Waals surface area contributed by atoms with Gasteiger partial charge in [-0.3, -0.25) is 0 Å². The number of hydrogen-bond donors (Lipinski definition) is 0. The van der Waals surface area contributed by atoms with E-state index >= 15 is 0 Å². The molecule has 0 fully saturated rings. The summed E-state index contributed by atoms with van der Waals surface area (Å²) in [4.78, 5) is 14.7. The van der Waals surface area contributed by atoms with Crippen molar-refractivity contribution in [2.45, 2.75) is 6.92 Å². The summed E-state index contributed by atoms with van der Waals surface area (Å²) in [6, 6.07) is -0.0735. The predicted molar refractivity (Wildman–Crippen MR) is 36.9 cm³/mol. The highest BCUT2D eigenvalue weighted by Crippen LogP contribution is 1.79. The maximum absolute atomic E-state index is 10.4. The topological polar surface area (TPSA) is 47.9 Å². The Morgan fingerprint density at radius 2 is 2.50 bits per heavy atom. The fourth-order valence-electron chi connectivity index (χ4n) is 0.288. The predicted octanol–water partition coefficient (Wildman–Crippen LogP) is 0.748. The lowest BCUT2D eigenvalue weighted by molar-refractivity contribution is -0.134. The lowest BCUT2D eigenvalue weighted by Crippen LogP contribution is -2.04. The van der Waals surface area contributed by atoms with Crippen molar-refractivity contribution in [1.82, 2.24) is 0 Å². The molecule has 0 heterocycles. The Bertz CT molecular complexity index is 126. The minimum Gasteiger partial charge on any atom is -0.462 e. The summed E-state index contributed by atoms with van der Waals surface area (Å²) in [6.45, 7) is 2.03. The van der Waals surface area contributed by atoms with E-state index < -0.39 is 5.97 Å². The first-order chi connectivity index (χ1) is 4.81. The first kappa shape index (κ1) is 9.23. The van der Waals surface area contributed by atoms with Gasteiger partial charge in [0.05, 0.1) is 6.61 Å². The molecule has 0 aliphatic carbocycles. The van der Waals surface area contributed by atoms with E-state index in [-0.39, 0.29) is 6.07 Å². The smallest absolute Gasteiger partial charge is 0.352 e. The van der Waals surface area contributed by atoms with Gasteiger partial charge in [-0.1, -0.05) is 16.8 Å². The molecule has 0 bridgehead atoms. The lowest BCUT2D eigenvalue weighted by Gasteiger charge is -1.92. The zero-order chi connectivity index (χ0) is 7.82. The van der Waals surface area contributed by atoms with E-state index in [4.69, 9.17) is 11.6 Å². The molecule has 0 aliphatic rings. The van der Waals surface area contributed by atoms with E-state index in [0.717, 1.165) is 6.21 Å². The molecule has 0 saturated heterocycles. The molecule has 58 valence electrons. The molecule has 0 atom stereocenters. The number of carbonyl (C=O) groups excluding carboxylic acids is 1. The number of alkyl halides is 1. The van der Waals surface area contributed by atoms with Crippen molar-refractivity contribution >= 4 is 23.8 Å². The molecular formula is C5H8ClNO3. The number of oxime groups is 1. The molecule has 0 unspecified atom stereocenters. The van der Waals surface area contributed by atoms with Crippen molar-refractivity contribution in [3.8, 4) is 0 Å². The average molecular weight is 166 g/mol. The van der Waals surface area contributed by atoms with E-state index in [9.17, 15) is 4.79 Å². The van der Waals surface area contributed by atoms with Gasteiger partial charge in [0.25, 0.3) is 0 Å². The zero-order valence-corrected chi connectivity index (χ0v) is 6.30. The molecule has 0 radical (unpaired) electrons. The Kier molecular flexibility index (Phi) is 5.86. The van der Waals surface area contributed by atoms with Crippen LogP contribution in [0.3, 0.4) is 0 Å². The number of nitrogens with zero attached hydrogens (tertiary/aromatic N) is 1. The molecule has 4 nitrogen and oxygen atoms in total. The molecular weight excluding hydrogens is 158 g/mol. The summed E-state index contributed by atoms with van der Waals surface area (Å²) in [5, 5.41) is 3.18. The van der Waals surface area contributed by atoms with E-state index in [0.29, 0.717) is 6.61 Å². The van der Waals surface area contributed by atoms with Crippen molar-refractivity contribution in [2.24, 2.45) is 5.16 Å². The highest BCUT2D eigenvalue weighted by molar-refractivity contribution is 6.23. The number of halogens is 1. The molecule has 0 saturated carbocycles. The Balaban J connectivity index is 3.36. The highest BCUT2D eigenvalue weighted by Gasteiger charge is 1.92. The third kappa shape index (κ3) is 5.37. The van der Waals surface area contributed by atoms with Crippen LogP contribution in [0.1, 0.15) is 6.92 Å². The summed E-state index contributed by atoms with van der Waals surface area (Å²) in [5.41, 5.74) is 0. The maximum Gasteiger partial charge on any atom is 0.352 e. The molecule has 0 aromatic heterocycles. The molecule has 0 aliphatic heterocycles. The largest absolute Gasteiger partial charge is 0.462 e. The van der Waals surface area contributed by atoms with Gasteiger partial charge >= 0.3 is 5.97 Å². The molecule has 0 amide bonds. The van der Waals surface area contributed by atoms with Crippen LogP contribution in [0.2, 0.25) is 0 Å². The van der Waals surface area contributed by atoms with Gasteiger partial charge in [0.1, 0.15) is 0 Å². The first-order valence-electron chi connectivity index (χ1n) is 2.69. The molecule has 0 rings (SSSR count). The molecule has 10 heavy (non-hydrogen) atoms. The number of carbonyl (C=O) groups is 1. The van der Waals surface area contributed by atoms with Crippen LogP contribution in [0.15, 0.2) is 5.16 Å². The van der Waals surface area contributed by atoms with Gasteiger partial charge in [-0.15, -0.1) is 0 Å². The lowest BCUT2D eigenvalue weighted by atomic mass is 10.7. The van der Waals surface area contributed by atoms with Crippen LogP contribution in [0.4, 0.5) is 0 Å². The second kappa shape index (κ2) is 6.35. The second-order valence-corrected chi connectivity index (χ2v) is 1.44. The van der Waals surface area contributed by atoms with E-state index in [1.54, 1.807) is 6.92 Å². The van der Waals surface area contributed by atoms with Gasteiger partial charge in [0.2, 0.25) is 0 Å². The minimum absolute atomic E-state index is 0.0735. The van der Waals surface area contributed by atoms with Gasteiger partial charge in [-0.2, -0.15) is 0 Å². The van der Waals surface area contributed by atoms with Crippen LogP contribution in [-0.2, 0) is 14.4 Å². The van der Waals surface area contributed by atoms with Gasteiger partial charge in [-0.25, -0.2) is 4.79 Å². The Labute approximate surface area is 63.7 Å². The fourth-order valence-corrected chi connectivity index (χ4v) is 0.344. The van der Waals surface area contributed by atoms with Crippen LogP contribution < -0.4 is 0 Å². The minimum atomic E-state index is -0.535. The fraction of sp³-hybridized carbons (Fsp3) is 0.600. The van der Waals surface area contributed by atoms with Crippen molar-refractivity contribution < 1.29 is 14.4 Å². The van der Waals surface area contributed by atoms with Crippen LogP contribution in [0.25, 0.3) is 0 Å². The van der Waals surface area contributed by atoms with Crippen LogP contribution in [0, 0.1) is 0 Å². The van der Waals surface area contributed by atoms with Gasteiger partial charge in [0.15, 0.2) is 12.3 Å². The number of rotatable bonds is 4. The summed E-state index contributed by atoms with van der Waals surface area (Å²) in [5.74, 6) is -0.535. The molecule has 0 aromatic carbocycles. The number of hydrogen-bond acceptors (Lipinski definition) is 4. The average Bonchev–Trinajstić information content (AvgIpc) is 1.89. The van der Waals surface area contributed by atoms with Crippen molar-refractivity contribution in [2.75, 3.05) is 12.7 Å². The Hall–Kier alpha value is -0.770. The molecule has 0 N–H and O–H groups in total. The van der Waals surface area contributed by atoms with Gasteiger partial charge in [-0.05, 0) is 6.92 Å². The first-order valence-corrected chi connectivity index (χ1v) is 3.22.